The van der Waals surface area contributed by atoms with Gasteiger partial charge in [-0.15, -0.1) is 12.8 Å². The Bertz CT molecular complexity index is 647. The first-order valence-electron chi connectivity index (χ1n) is 14.0. The SMILES string of the molecule is C#C.CC.CC.CC(C)(O)CCCCC1=CCC2/C(=C/C=C3/CCC[C@H](O)C3)CCC[C@]12C.CO. The molecular formula is C32H58O3. The summed E-state index contributed by atoms with van der Waals surface area (Å²) in [7, 11) is 1.00. The number of fused-ring (bicyclic) bond motifs is 1. The number of aliphatic hydroxyl groups excluding tert-OH is 2. The van der Waals surface area contributed by atoms with Gasteiger partial charge in [0.05, 0.1) is 11.7 Å². The minimum atomic E-state index is -0.530. The molecule has 0 amide bonds. The molecule has 3 aliphatic carbocycles. The van der Waals surface area contributed by atoms with E-state index in [0.29, 0.717) is 11.3 Å². The van der Waals surface area contributed by atoms with Gasteiger partial charge in [0.2, 0.25) is 0 Å². The number of allylic oxidation sites excluding steroid dienone is 5. The van der Waals surface area contributed by atoms with E-state index in [0.717, 1.165) is 45.6 Å². The van der Waals surface area contributed by atoms with Gasteiger partial charge in [0.25, 0.3) is 0 Å². The zero-order valence-corrected chi connectivity index (χ0v) is 24.4. The van der Waals surface area contributed by atoms with Gasteiger partial charge in [0, 0.05) is 7.11 Å². The van der Waals surface area contributed by atoms with E-state index in [9.17, 15) is 10.2 Å². The molecule has 0 aliphatic heterocycles. The van der Waals surface area contributed by atoms with Crippen molar-refractivity contribution < 1.29 is 15.3 Å². The maximum atomic E-state index is 9.92. The van der Waals surface area contributed by atoms with Crippen LogP contribution in [0.25, 0.3) is 0 Å². The molecule has 3 rings (SSSR count). The molecule has 0 spiro atoms. The van der Waals surface area contributed by atoms with Gasteiger partial charge < -0.3 is 15.3 Å². The molecule has 0 aromatic rings. The number of hydrogen-bond donors (Lipinski definition) is 3. The summed E-state index contributed by atoms with van der Waals surface area (Å²) in [6, 6.07) is 0. The molecule has 0 heterocycles. The second kappa shape index (κ2) is 19.8. The van der Waals surface area contributed by atoms with Gasteiger partial charge in [-0.3, -0.25) is 0 Å². The Kier molecular flexibility index (Phi) is 20.3. The van der Waals surface area contributed by atoms with Gasteiger partial charge in [0.1, 0.15) is 0 Å². The van der Waals surface area contributed by atoms with Crippen molar-refractivity contribution in [2.75, 3.05) is 7.11 Å². The van der Waals surface area contributed by atoms with Crippen LogP contribution in [-0.4, -0.2) is 34.1 Å². The number of terminal acetylenes is 1. The summed E-state index contributed by atoms with van der Waals surface area (Å²) in [5.74, 6) is 0.681. The Morgan fingerprint density at radius 1 is 1.03 bits per heavy atom. The van der Waals surface area contributed by atoms with Crippen molar-refractivity contribution in [3.05, 3.63) is 34.9 Å². The third-order valence-electron chi connectivity index (χ3n) is 7.26. The van der Waals surface area contributed by atoms with Crippen molar-refractivity contribution in [1.82, 2.24) is 0 Å². The van der Waals surface area contributed by atoms with Crippen molar-refractivity contribution in [3.63, 3.8) is 0 Å². The molecule has 3 atom stereocenters. The average Bonchev–Trinajstić information content (AvgIpc) is 3.21. The predicted octanol–water partition coefficient (Wildman–Crippen LogP) is 8.15. The fraction of sp³-hybridized carbons (Fsp3) is 0.750. The highest BCUT2D eigenvalue weighted by Crippen LogP contribution is 2.55. The van der Waals surface area contributed by atoms with E-state index in [-0.39, 0.29) is 6.10 Å². The fourth-order valence-electron chi connectivity index (χ4n) is 5.61. The van der Waals surface area contributed by atoms with Crippen LogP contribution in [-0.2, 0) is 0 Å². The third-order valence-corrected chi connectivity index (χ3v) is 7.26. The maximum Gasteiger partial charge on any atom is 0.0591 e. The molecule has 0 saturated heterocycles. The van der Waals surface area contributed by atoms with Crippen LogP contribution >= 0.6 is 0 Å². The summed E-state index contributed by atoms with van der Waals surface area (Å²) in [6.07, 6.45) is 28.8. The minimum Gasteiger partial charge on any atom is -0.400 e. The highest BCUT2D eigenvalue weighted by molar-refractivity contribution is 5.33. The van der Waals surface area contributed by atoms with Crippen molar-refractivity contribution in [2.45, 2.75) is 137 Å². The highest BCUT2D eigenvalue weighted by atomic mass is 16.3. The van der Waals surface area contributed by atoms with Gasteiger partial charge in [-0.25, -0.2) is 0 Å². The van der Waals surface area contributed by atoms with Crippen LogP contribution in [0, 0.1) is 24.2 Å². The van der Waals surface area contributed by atoms with E-state index in [4.69, 9.17) is 5.11 Å². The molecule has 0 aromatic carbocycles. The Labute approximate surface area is 218 Å². The molecular weight excluding hydrogens is 432 g/mol. The lowest BCUT2D eigenvalue weighted by Crippen LogP contribution is -2.30. The maximum absolute atomic E-state index is 9.92. The zero-order valence-electron chi connectivity index (χ0n) is 24.4. The number of aliphatic hydroxyl groups is 3. The second-order valence-electron chi connectivity index (χ2n) is 10.1. The Hall–Kier alpha value is -1.34. The first-order chi connectivity index (χ1) is 16.8. The van der Waals surface area contributed by atoms with Crippen molar-refractivity contribution in [2.24, 2.45) is 11.3 Å². The highest BCUT2D eigenvalue weighted by Gasteiger charge is 2.44. The van der Waals surface area contributed by atoms with Crippen LogP contribution in [0.15, 0.2) is 34.9 Å². The number of hydrogen-bond acceptors (Lipinski definition) is 3. The van der Waals surface area contributed by atoms with E-state index in [2.05, 4.69) is 38.0 Å². The van der Waals surface area contributed by atoms with Crippen molar-refractivity contribution >= 4 is 0 Å². The predicted molar refractivity (Wildman–Crippen MR) is 154 cm³/mol. The van der Waals surface area contributed by atoms with Gasteiger partial charge in [-0.05, 0) is 95.8 Å². The monoisotopic (exact) mass is 490 g/mol. The lowest BCUT2D eigenvalue weighted by Gasteiger charge is -2.41. The Morgan fingerprint density at radius 2 is 1.66 bits per heavy atom. The van der Waals surface area contributed by atoms with Crippen LogP contribution in [0.3, 0.4) is 0 Å². The molecule has 0 radical (unpaired) electrons. The number of rotatable bonds is 6. The van der Waals surface area contributed by atoms with Gasteiger partial charge in [-0.1, -0.05) is 76.0 Å². The Balaban J connectivity index is 0. The summed E-state index contributed by atoms with van der Waals surface area (Å²) >= 11 is 0. The summed E-state index contributed by atoms with van der Waals surface area (Å²) in [5, 5.41) is 26.8. The number of unbranched alkanes of at least 4 members (excludes halogenated alkanes) is 1. The lowest BCUT2D eigenvalue weighted by molar-refractivity contribution is 0.0681. The third kappa shape index (κ3) is 12.4. The quantitative estimate of drug-likeness (QED) is 0.200. The molecule has 3 aliphatic rings. The van der Waals surface area contributed by atoms with E-state index in [1.807, 2.05) is 41.5 Å². The molecule has 3 N–H and O–H groups in total. The van der Waals surface area contributed by atoms with E-state index in [1.165, 1.54) is 44.1 Å². The first kappa shape index (κ1) is 35.8. The van der Waals surface area contributed by atoms with Crippen molar-refractivity contribution in [3.8, 4) is 12.8 Å². The molecule has 3 nitrogen and oxygen atoms in total. The van der Waals surface area contributed by atoms with Crippen LogP contribution in [0.4, 0.5) is 0 Å². The molecule has 2 fully saturated rings. The molecule has 0 bridgehead atoms. The molecule has 204 valence electrons. The second-order valence-corrected chi connectivity index (χ2v) is 10.1. The topological polar surface area (TPSA) is 60.7 Å². The smallest absolute Gasteiger partial charge is 0.0591 e. The van der Waals surface area contributed by atoms with E-state index in [1.54, 1.807) is 11.1 Å². The van der Waals surface area contributed by atoms with Crippen LogP contribution in [0.1, 0.15) is 126 Å². The fourth-order valence-corrected chi connectivity index (χ4v) is 5.61. The summed E-state index contributed by atoms with van der Waals surface area (Å²) in [4.78, 5) is 0. The van der Waals surface area contributed by atoms with E-state index < -0.39 is 5.60 Å². The van der Waals surface area contributed by atoms with Crippen molar-refractivity contribution in [1.29, 1.82) is 0 Å². The molecule has 3 heteroatoms. The molecule has 0 aromatic heterocycles. The van der Waals surface area contributed by atoms with Crippen LogP contribution in [0.5, 0.6) is 0 Å². The average molecular weight is 491 g/mol. The lowest BCUT2D eigenvalue weighted by atomic mass is 9.63. The molecule has 1 unspecified atom stereocenters. The van der Waals surface area contributed by atoms with Gasteiger partial charge >= 0.3 is 0 Å². The largest absolute Gasteiger partial charge is 0.400 e. The van der Waals surface area contributed by atoms with Gasteiger partial charge in [0.15, 0.2) is 0 Å². The zero-order chi connectivity index (χ0) is 27.5. The standard InChI is InChI=1S/C25H40O2.2C2H6.C2H2.CH4O/c1-24(2,27)16-5-4-10-21-14-15-23-20(9-7-17-25(21,23)3)13-12-19-8-6-11-22(26)18-19;4*1-2/h12-14,22-23,26-27H,4-11,15-18H2,1-3H3;2*1-2H3;1-2H;2H,1H3/b19-12-,20-13+;;;;/t22-,23?,25+;;;;/m0..../s1. The molecule has 35 heavy (non-hydrogen) atoms. The van der Waals surface area contributed by atoms with Crippen LogP contribution in [0.2, 0.25) is 0 Å². The minimum absolute atomic E-state index is 0.122. The molecule has 2 saturated carbocycles. The summed E-state index contributed by atoms with van der Waals surface area (Å²) < 4.78 is 0. The first-order valence-corrected chi connectivity index (χ1v) is 14.0. The van der Waals surface area contributed by atoms with E-state index >= 15 is 0 Å². The summed E-state index contributed by atoms with van der Waals surface area (Å²) in [5.41, 5.74) is 4.57. The normalized spacial score (nSPS) is 27.4. The summed E-state index contributed by atoms with van der Waals surface area (Å²) in [6.45, 7) is 14.3. The van der Waals surface area contributed by atoms with Gasteiger partial charge in [-0.2, -0.15) is 0 Å². The van der Waals surface area contributed by atoms with Crippen LogP contribution < -0.4 is 0 Å². The Morgan fingerprint density at radius 3 is 2.23 bits per heavy atom.